The summed E-state index contributed by atoms with van der Waals surface area (Å²) in [5, 5.41) is 0.613. The lowest BCUT2D eigenvalue weighted by molar-refractivity contribution is -0.137. The predicted octanol–water partition coefficient (Wildman–Crippen LogP) is 6.62. The molecule has 1 aliphatic rings. The number of amides is 2. The molecule has 162 valence electrons. The number of halogens is 3. The predicted molar refractivity (Wildman–Crippen MR) is 114 cm³/mol. The van der Waals surface area contributed by atoms with E-state index in [9.17, 15) is 18.0 Å². The first-order valence-electron chi connectivity index (χ1n) is 9.61. The van der Waals surface area contributed by atoms with Gasteiger partial charge in [0.2, 0.25) is 0 Å². The monoisotopic (exact) mass is 429 g/mol. The summed E-state index contributed by atoms with van der Waals surface area (Å²) < 4.78 is 39.2. The Morgan fingerprint density at radius 2 is 1.76 bits per heavy atom. The van der Waals surface area contributed by atoms with Crippen LogP contribution in [-0.2, 0) is 6.18 Å². The largest absolute Gasteiger partial charge is 0.416 e. The Bertz CT molecular complexity index is 782. The Morgan fingerprint density at radius 3 is 2.28 bits per heavy atom. The summed E-state index contributed by atoms with van der Waals surface area (Å²) in [5.74, 6) is 0.216. The maximum atomic E-state index is 13.2. The molecule has 0 N–H and O–H groups in total. The van der Waals surface area contributed by atoms with E-state index in [1.807, 2.05) is 27.7 Å². The minimum Gasteiger partial charge on any atom is -0.284 e. The molecule has 0 aliphatic carbocycles. The molecule has 0 radical (unpaired) electrons. The fraction of sp³-hybridized carbons (Fsp3) is 0.619. The van der Waals surface area contributed by atoms with Gasteiger partial charge in [0.05, 0.1) is 17.0 Å². The Hall–Kier alpha value is -1.70. The number of thioether (sulfide) groups is 1. The van der Waals surface area contributed by atoms with Crippen molar-refractivity contribution in [2.45, 2.75) is 72.6 Å². The van der Waals surface area contributed by atoms with E-state index < -0.39 is 11.7 Å². The van der Waals surface area contributed by atoms with Gasteiger partial charge in [-0.15, -0.1) is 0 Å². The second-order valence-electron chi connectivity index (χ2n) is 9.44. The minimum atomic E-state index is -4.46. The molecule has 0 bridgehead atoms. The first-order valence-corrected chi connectivity index (χ1v) is 10.6. The van der Waals surface area contributed by atoms with Crippen LogP contribution in [0.3, 0.4) is 0 Å². The van der Waals surface area contributed by atoms with Gasteiger partial charge < -0.3 is 0 Å². The fourth-order valence-corrected chi connectivity index (χ4v) is 4.86. The molecule has 0 saturated carbocycles. The summed E-state index contributed by atoms with van der Waals surface area (Å²) in [7, 11) is 0. The van der Waals surface area contributed by atoms with Gasteiger partial charge in [0.25, 0.3) is 0 Å². The van der Waals surface area contributed by atoms with Gasteiger partial charge in [-0.25, -0.2) is 4.79 Å². The lowest BCUT2D eigenvalue weighted by Gasteiger charge is -2.40. The highest BCUT2D eigenvalue weighted by atomic mass is 32.2. The van der Waals surface area contributed by atoms with E-state index in [-0.39, 0.29) is 34.6 Å². The molecule has 1 saturated heterocycles. The molecule has 2 amide bonds. The van der Waals surface area contributed by atoms with Crippen LogP contribution in [0, 0.1) is 5.41 Å². The Kier molecular flexibility index (Phi) is 6.67. The molecule has 1 fully saturated rings. The highest BCUT2D eigenvalue weighted by Gasteiger charge is 2.37. The second-order valence-corrected chi connectivity index (χ2v) is 10.4. The number of hydrogen-bond donors (Lipinski definition) is 0. The number of benzene rings is 1. The molecule has 0 atom stereocenters. The highest BCUT2D eigenvalue weighted by molar-refractivity contribution is 8.14. The quantitative estimate of drug-likeness (QED) is 0.539. The molecular formula is C21H30F3N3OS. The van der Waals surface area contributed by atoms with Crippen molar-refractivity contribution in [3.05, 3.63) is 29.8 Å². The lowest BCUT2D eigenvalue weighted by Crippen LogP contribution is -2.53. The molecule has 8 heteroatoms. The summed E-state index contributed by atoms with van der Waals surface area (Å²) in [6.45, 7) is 14.2. The molecule has 29 heavy (non-hydrogen) atoms. The number of alkyl halides is 3. The van der Waals surface area contributed by atoms with Crippen LogP contribution in [0.15, 0.2) is 29.3 Å². The van der Waals surface area contributed by atoms with Crippen LogP contribution < -0.4 is 4.90 Å². The van der Waals surface area contributed by atoms with E-state index in [0.717, 1.165) is 18.6 Å². The topological polar surface area (TPSA) is 35.9 Å². The summed E-state index contributed by atoms with van der Waals surface area (Å²) in [5.41, 5.74) is -0.832. The molecule has 1 aromatic rings. The third-order valence-electron chi connectivity index (χ3n) is 4.33. The lowest BCUT2D eigenvalue weighted by atomic mass is 9.82. The maximum Gasteiger partial charge on any atom is 0.416 e. The van der Waals surface area contributed by atoms with E-state index in [2.05, 4.69) is 20.8 Å². The van der Waals surface area contributed by atoms with Crippen LogP contribution in [0.1, 0.15) is 60.5 Å². The summed E-state index contributed by atoms with van der Waals surface area (Å²) in [6.07, 6.45) is -3.62. The van der Waals surface area contributed by atoms with Gasteiger partial charge in [0, 0.05) is 11.7 Å². The van der Waals surface area contributed by atoms with Gasteiger partial charge in [-0.05, 0) is 57.7 Å². The maximum absolute atomic E-state index is 13.2. The number of anilines is 1. The van der Waals surface area contributed by atoms with Gasteiger partial charge in [0.1, 0.15) is 0 Å². The van der Waals surface area contributed by atoms with Gasteiger partial charge >= 0.3 is 12.2 Å². The number of urea groups is 1. The summed E-state index contributed by atoms with van der Waals surface area (Å²) in [6, 6.07) is 4.34. The first kappa shape index (κ1) is 23.6. The zero-order valence-electron chi connectivity index (χ0n) is 18.1. The van der Waals surface area contributed by atoms with Crippen LogP contribution in [0.4, 0.5) is 23.7 Å². The summed E-state index contributed by atoms with van der Waals surface area (Å²) >= 11 is 1.37. The van der Waals surface area contributed by atoms with Crippen molar-refractivity contribution in [3.63, 3.8) is 0 Å². The average molecular weight is 430 g/mol. The number of carbonyl (C=O) groups excluding carboxylic acids is 1. The molecule has 4 nitrogen and oxygen atoms in total. The highest BCUT2D eigenvalue weighted by Crippen LogP contribution is 2.36. The number of amidine groups is 1. The smallest absolute Gasteiger partial charge is 0.284 e. The van der Waals surface area contributed by atoms with Crippen molar-refractivity contribution in [2.24, 2.45) is 10.4 Å². The standard InChI is InChI=1S/C21H30F3N3OS/c1-14(2)27-17(25-20(6,7)12-19(3,4)5)29-13-26(18(27)28)16-10-8-9-15(11-16)21(22,23)24/h8-11,14H,12-13H2,1-7H3. The van der Waals surface area contributed by atoms with Crippen molar-refractivity contribution < 1.29 is 18.0 Å². The van der Waals surface area contributed by atoms with Crippen molar-refractivity contribution in [1.82, 2.24) is 4.90 Å². The zero-order valence-corrected chi connectivity index (χ0v) is 18.9. The van der Waals surface area contributed by atoms with E-state index in [0.29, 0.717) is 5.17 Å². The van der Waals surface area contributed by atoms with Gasteiger partial charge in [-0.3, -0.25) is 14.8 Å². The third kappa shape index (κ3) is 6.14. The fourth-order valence-electron chi connectivity index (χ4n) is 3.62. The van der Waals surface area contributed by atoms with Crippen molar-refractivity contribution in [1.29, 1.82) is 0 Å². The molecule has 1 aromatic carbocycles. The van der Waals surface area contributed by atoms with Crippen LogP contribution in [0.25, 0.3) is 0 Å². The third-order valence-corrected chi connectivity index (χ3v) is 5.26. The molecule has 1 heterocycles. The molecule has 0 spiro atoms. The SMILES string of the molecule is CC(C)N1C(=O)N(c2cccc(C(F)(F)F)c2)CSC1=NC(C)(C)CC(C)(C)C. The van der Waals surface area contributed by atoms with Gasteiger partial charge in [-0.1, -0.05) is 38.6 Å². The van der Waals surface area contributed by atoms with Gasteiger partial charge in [0.15, 0.2) is 5.17 Å². The Morgan fingerprint density at radius 1 is 1.14 bits per heavy atom. The van der Waals surface area contributed by atoms with Crippen LogP contribution in [-0.4, -0.2) is 33.6 Å². The van der Waals surface area contributed by atoms with E-state index in [1.54, 1.807) is 4.90 Å². The number of rotatable bonds is 4. The molecule has 2 rings (SSSR count). The van der Waals surface area contributed by atoms with Crippen LogP contribution in [0.2, 0.25) is 0 Å². The van der Waals surface area contributed by atoms with Crippen molar-refractivity contribution in [2.75, 3.05) is 10.8 Å². The normalized spacial score (nSPS) is 18.2. The van der Waals surface area contributed by atoms with E-state index >= 15 is 0 Å². The van der Waals surface area contributed by atoms with Crippen molar-refractivity contribution in [3.8, 4) is 0 Å². The average Bonchev–Trinajstić information content (AvgIpc) is 2.51. The van der Waals surface area contributed by atoms with Gasteiger partial charge in [-0.2, -0.15) is 13.2 Å². The Balaban J connectivity index is 2.36. The number of aliphatic imine (C=N–C) groups is 1. The number of nitrogens with zero attached hydrogens (tertiary/aromatic N) is 3. The molecular weight excluding hydrogens is 399 g/mol. The zero-order chi connectivity index (χ0) is 22.2. The number of hydrogen-bond acceptors (Lipinski definition) is 3. The first-order chi connectivity index (χ1) is 13.1. The van der Waals surface area contributed by atoms with E-state index in [1.165, 1.54) is 28.8 Å². The molecule has 0 aromatic heterocycles. The van der Waals surface area contributed by atoms with Crippen molar-refractivity contribution >= 4 is 28.6 Å². The van der Waals surface area contributed by atoms with Crippen LogP contribution in [0.5, 0.6) is 0 Å². The molecule has 1 aliphatic heterocycles. The van der Waals surface area contributed by atoms with Crippen LogP contribution >= 0.6 is 11.8 Å². The molecule has 0 unspecified atom stereocenters. The number of carbonyl (C=O) groups is 1. The van der Waals surface area contributed by atoms with E-state index in [4.69, 9.17) is 4.99 Å². The Labute approximate surface area is 175 Å². The second kappa shape index (κ2) is 8.20. The summed E-state index contributed by atoms with van der Waals surface area (Å²) in [4.78, 5) is 21.0. The minimum absolute atomic E-state index is 0.0730.